The maximum absolute atomic E-state index is 12.6. The highest BCUT2D eigenvalue weighted by Gasteiger charge is 2.24. The highest BCUT2D eigenvalue weighted by Crippen LogP contribution is 2.28. The third kappa shape index (κ3) is 3.52. The number of nitrogens with one attached hydrogen (secondary N) is 1. The van der Waals surface area contributed by atoms with Crippen LogP contribution in [0.25, 0.3) is 0 Å². The minimum absolute atomic E-state index is 0.314. The molecule has 0 atom stereocenters. The molecule has 2 aromatic heterocycles. The summed E-state index contributed by atoms with van der Waals surface area (Å²) < 4.78 is 28.6. The maximum Gasteiger partial charge on any atom is 0.252 e. The molecule has 2 heterocycles. The van der Waals surface area contributed by atoms with Crippen LogP contribution >= 0.6 is 11.3 Å². The summed E-state index contributed by atoms with van der Waals surface area (Å²) in [4.78, 5) is 1.05. The molecule has 0 saturated carbocycles. The molecule has 0 amide bonds. The van der Waals surface area contributed by atoms with E-state index in [0.717, 1.165) is 16.0 Å². The lowest BCUT2D eigenvalue weighted by molar-refractivity contribution is 0.468. The Hall–Kier alpha value is -1.22. The van der Waals surface area contributed by atoms with E-state index < -0.39 is 10.0 Å². The van der Waals surface area contributed by atoms with Gasteiger partial charge < -0.3 is 5.32 Å². The van der Waals surface area contributed by atoms with Crippen LogP contribution in [-0.2, 0) is 30.2 Å². The number of hydrogen-bond acceptors (Lipinski definition) is 5. The predicted molar refractivity (Wildman–Crippen MR) is 83.7 cm³/mol. The molecule has 116 valence electrons. The van der Waals surface area contributed by atoms with Gasteiger partial charge in [0.25, 0.3) is 10.0 Å². The molecule has 0 spiro atoms. The van der Waals surface area contributed by atoms with Gasteiger partial charge in [-0.05, 0) is 25.6 Å². The van der Waals surface area contributed by atoms with Crippen LogP contribution in [0.15, 0.2) is 22.7 Å². The van der Waals surface area contributed by atoms with Gasteiger partial charge in [-0.3, -0.25) is 4.68 Å². The minimum atomic E-state index is -3.46. The Kier molecular flexibility index (Phi) is 4.82. The lowest BCUT2D eigenvalue weighted by Crippen LogP contribution is -2.25. The van der Waals surface area contributed by atoms with Gasteiger partial charge in [0.05, 0.1) is 6.20 Å². The van der Waals surface area contributed by atoms with Crippen molar-refractivity contribution in [3.8, 4) is 0 Å². The van der Waals surface area contributed by atoms with Crippen molar-refractivity contribution < 1.29 is 8.42 Å². The van der Waals surface area contributed by atoms with Crippen molar-refractivity contribution in [3.05, 3.63) is 34.5 Å². The normalized spacial score (nSPS) is 12.2. The molecule has 2 rings (SSSR count). The van der Waals surface area contributed by atoms with Gasteiger partial charge in [0.2, 0.25) is 0 Å². The van der Waals surface area contributed by atoms with Crippen molar-refractivity contribution in [2.45, 2.75) is 24.2 Å². The van der Waals surface area contributed by atoms with Gasteiger partial charge in [-0.1, -0.05) is 0 Å². The fraction of sp³-hybridized carbons (Fsp3) is 0.462. The standard InChI is InChI=1S/C13H20N4O2S2/c1-10-5-13(20-12(10)7-14-2)21(18,19)17(4)9-11-6-15-16(3)8-11/h5-6,8,14H,7,9H2,1-4H3. The number of hydrogen-bond donors (Lipinski definition) is 1. The summed E-state index contributed by atoms with van der Waals surface area (Å²) in [6.07, 6.45) is 3.50. The Balaban J connectivity index is 2.22. The topological polar surface area (TPSA) is 67.2 Å². The fourth-order valence-electron chi connectivity index (χ4n) is 2.00. The number of rotatable bonds is 6. The zero-order valence-corrected chi connectivity index (χ0v) is 14.3. The van der Waals surface area contributed by atoms with Crippen LogP contribution in [0.4, 0.5) is 0 Å². The second-order valence-electron chi connectivity index (χ2n) is 4.99. The zero-order valence-electron chi connectivity index (χ0n) is 12.6. The monoisotopic (exact) mass is 328 g/mol. The van der Waals surface area contributed by atoms with E-state index in [1.165, 1.54) is 15.6 Å². The van der Waals surface area contributed by atoms with Crippen LogP contribution in [0.5, 0.6) is 0 Å². The Labute approximate surface area is 129 Å². The smallest absolute Gasteiger partial charge is 0.252 e. The Morgan fingerprint density at radius 3 is 2.76 bits per heavy atom. The average Bonchev–Trinajstić information content (AvgIpc) is 2.97. The van der Waals surface area contributed by atoms with Crippen molar-refractivity contribution in [1.29, 1.82) is 0 Å². The maximum atomic E-state index is 12.6. The highest BCUT2D eigenvalue weighted by molar-refractivity contribution is 7.91. The molecule has 1 N–H and O–H groups in total. The van der Waals surface area contributed by atoms with E-state index in [1.807, 2.05) is 27.2 Å². The molecule has 21 heavy (non-hydrogen) atoms. The second-order valence-corrected chi connectivity index (χ2v) is 8.39. The Morgan fingerprint density at radius 1 is 1.48 bits per heavy atom. The van der Waals surface area contributed by atoms with E-state index in [-0.39, 0.29) is 0 Å². The third-order valence-electron chi connectivity index (χ3n) is 3.16. The molecule has 8 heteroatoms. The van der Waals surface area contributed by atoms with Gasteiger partial charge in [0.1, 0.15) is 4.21 Å². The summed E-state index contributed by atoms with van der Waals surface area (Å²) in [5, 5.41) is 7.11. The van der Waals surface area contributed by atoms with E-state index in [1.54, 1.807) is 24.0 Å². The summed E-state index contributed by atoms with van der Waals surface area (Å²) >= 11 is 1.32. The molecule has 0 aromatic carbocycles. The van der Waals surface area contributed by atoms with Crippen LogP contribution < -0.4 is 5.32 Å². The van der Waals surface area contributed by atoms with Crippen LogP contribution in [0.2, 0.25) is 0 Å². The molecule has 0 fully saturated rings. The zero-order chi connectivity index (χ0) is 15.6. The summed E-state index contributed by atoms with van der Waals surface area (Å²) in [7, 11) is 1.79. The number of nitrogens with zero attached hydrogens (tertiary/aromatic N) is 3. The molecule has 0 aliphatic rings. The van der Waals surface area contributed by atoms with Crippen molar-refractivity contribution in [2.75, 3.05) is 14.1 Å². The molecule has 2 aromatic rings. The van der Waals surface area contributed by atoms with Crippen molar-refractivity contribution in [3.63, 3.8) is 0 Å². The van der Waals surface area contributed by atoms with E-state index in [4.69, 9.17) is 0 Å². The van der Waals surface area contributed by atoms with Crippen molar-refractivity contribution in [2.24, 2.45) is 7.05 Å². The number of aromatic nitrogens is 2. The van der Waals surface area contributed by atoms with Crippen LogP contribution in [0.1, 0.15) is 16.0 Å². The van der Waals surface area contributed by atoms with Crippen LogP contribution in [-0.4, -0.2) is 36.6 Å². The lowest BCUT2D eigenvalue weighted by Gasteiger charge is -2.14. The Bertz CT molecular complexity index is 718. The van der Waals surface area contributed by atoms with Gasteiger partial charge in [0, 0.05) is 43.8 Å². The predicted octanol–water partition coefficient (Wildman–Crippen LogP) is 1.33. The first-order valence-electron chi connectivity index (χ1n) is 6.52. The SMILES string of the molecule is CNCc1sc(S(=O)(=O)N(C)Cc2cnn(C)c2)cc1C. The van der Waals surface area contributed by atoms with E-state index >= 15 is 0 Å². The molecule has 0 aliphatic carbocycles. The minimum Gasteiger partial charge on any atom is -0.315 e. The summed E-state index contributed by atoms with van der Waals surface area (Å²) in [5.74, 6) is 0. The van der Waals surface area contributed by atoms with Crippen molar-refractivity contribution in [1.82, 2.24) is 19.4 Å². The fourth-order valence-corrected chi connectivity index (χ4v) is 4.97. The molecule has 0 bridgehead atoms. The number of thiophene rings is 1. The average molecular weight is 328 g/mol. The summed E-state index contributed by atoms with van der Waals surface area (Å²) in [6.45, 7) is 2.93. The van der Waals surface area contributed by atoms with E-state index in [0.29, 0.717) is 17.3 Å². The molecule has 0 radical (unpaired) electrons. The Morgan fingerprint density at radius 2 is 2.19 bits per heavy atom. The highest BCUT2D eigenvalue weighted by atomic mass is 32.2. The first kappa shape index (κ1) is 16.2. The lowest BCUT2D eigenvalue weighted by atomic mass is 10.3. The van der Waals surface area contributed by atoms with Gasteiger partial charge in [-0.25, -0.2) is 8.42 Å². The van der Waals surface area contributed by atoms with E-state index in [9.17, 15) is 8.42 Å². The largest absolute Gasteiger partial charge is 0.315 e. The molecular formula is C13H20N4O2S2. The number of aryl methyl sites for hydroxylation is 2. The first-order valence-corrected chi connectivity index (χ1v) is 8.78. The molecule has 0 saturated heterocycles. The van der Waals surface area contributed by atoms with E-state index in [2.05, 4.69) is 10.4 Å². The van der Waals surface area contributed by atoms with Gasteiger partial charge in [-0.15, -0.1) is 11.3 Å². The summed E-state index contributed by atoms with van der Waals surface area (Å²) in [6, 6.07) is 1.74. The second kappa shape index (κ2) is 6.27. The molecule has 6 nitrogen and oxygen atoms in total. The van der Waals surface area contributed by atoms with Crippen molar-refractivity contribution >= 4 is 21.4 Å². The molecule has 0 unspecified atom stereocenters. The molecular weight excluding hydrogens is 308 g/mol. The van der Waals surface area contributed by atoms with Gasteiger partial charge in [0.15, 0.2) is 0 Å². The summed E-state index contributed by atoms with van der Waals surface area (Å²) in [5.41, 5.74) is 1.87. The first-order chi connectivity index (χ1) is 9.84. The quantitative estimate of drug-likeness (QED) is 0.869. The molecule has 0 aliphatic heterocycles. The van der Waals surface area contributed by atoms with Gasteiger partial charge in [-0.2, -0.15) is 9.40 Å². The van der Waals surface area contributed by atoms with Crippen LogP contribution in [0.3, 0.4) is 0 Å². The van der Waals surface area contributed by atoms with Gasteiger partial charge >= 0.3 is 0 Å². The third-order valence-corrected chi connectivity index (χ3v) is 6.65. The number of sulfonamides is 1. The van der Waals surface area contributed by atoms with Crippen LogP contribution in [0, 0.1) is 6.92 Å².